The molecule has 0 N–H and O–H groups in total. The molecule has 0 aliphatic carbocycles. The maximum absolute atomic E-state index is 14.0. The van der Waals surface area contributed by atoms with Crippen molar-refractivity contribution in [3.05, 3.63) is 84.9 Å². The van der Waals surface area contributed by atoms with Crippen molar-refractivity contribution in [2.24, 2.45) is 5.92 Å². The van der Waals surface area contributed by atoms with Crippen LogP contribution in [-0.2, 0) is 17.8 Å². The summed E-state index contributed by atoms with van der Waals surface area (Å²) in [6, 6.07) is 15.1. The van der Waals surface area contributed by atoms with Crippen molar-refractivity contribution in [1.82, 2.24) is 9.55 Å². The average molecular weight is 570 g/mol. The summed E-state index contributed by atoms with van der Waals surface area (Å²) in [7, 11) is 0. The van der Waals surface area contributed by atoms with Crippen LogP contribution in [-0.4, -0.2) is 27.2 Å². The van der Waals surface area contributed by atoms with Crippen molar-refractivity contribution in [1.29, 1.82) is 0 Å². The highest BCUT2D eigenvalue weighted by atomic mass is 79.9. The van der Waals surface area contributed by atoms with Crippen molar-refractivity contribution in [3.63, 3.8) is 0 Å². The molecule has 1 atom stereocenters. The number of carbonyl (C=O) groups excluding carboxylic acids is 1. The molecule has 0 unspecified atom stereocenters. The second kappa shape index (κ2) is 10.0. The summed E-state index contributed by atoms with van der Waals surface area (Å²) >= 11 is 6.23. The first-order chi connectivity index (χ1) is 16.8. The Morgan fingerprint density at radius 1 is 1.20 bits per heavy atom. The fraction of sp³-hybridized carbons (Fsp3) is 0.296. The van der Waals surface area contributed by atoms with Crippen molar-refractivity contribution in [2.75, 3.05) is 5.75 Å². The van der Waals surface area contributed by atoms with Gasteiger partial charge in [0.05, 0.1) is 29.5 Å². The van der Waals surface area contributed by atoms with E-state index in [-0.39, 0.29) is 23.2 Å². The molecule has 0 fully saturated rings. The first-order valence-corrected chi connectivity index (χ1v) is 14.1. The van der Waals surface area contributed by atoms with Gasteiger partial charge in [-0.3, -0.25) is 14.2 Å². The molecule has 0 radical (unpaired) electrons. The Balaban J connectivity index is 1.59. The largest absolute Gasteiger partial charge is 0.372 e. The van der Waals surface area contributed by atoms with Gasteiger partial charge in [-0.1, -0.05) is 71.4 Å². The normalized spacial score (nSPS) is 15.5. The number of ether oxygens (including phenoxy) is 1. The first kappa shape index (κ1) is 24.4. The Morgan fingerprint density at radius 2 is 1.91 bits per heavy atom. The number of ketones is 1. The van der Waals surface area contributed by atoms with Crippen LogP contribution in [0, 0.1) is 12.8 Å². The van der Waals surface area contributed by atoms with E-state index in [1.165, 1.54) is 23.1 Å². The predicted octanol–water partition coefficient (Wildman–Crippen LogP) is 6.59. The maximum Gasteiger partial charge on any atom is 0.267 e. The van der Waals surface area contributed by atoms with Gasteiger partial charge in [-0.05, 0) is 42.7 Å². The maximum atomic E-state index is 14.0. The molecule has 35 heavy (non-hydrogen) atoms. The summed E-state index contributed by atoms with van der Waals surface area (Å²) < 4.78 is 8.63. The number of hydrogen-bond acceptors (Lipinski definition) is 6. The summed E-state index contributed by atoms with van der Waals surface area (Å²) in [5, 5.41) is 1.21. The third kappa shape index (κ3) is 4.89. The molecule has 0 amide bonds. The van der Waals surface area contributed by atoms with Gasteiger partial charge >= 0.3 is 0 Å². The van der Waals surface area contributed by atoms with Gasteiger partial charge in [0.1, 0.15) is 4.83 Å². The lowest BCUT2D eigenvalue weighted by Crippen LogP contribution is -2.28. The molecule has 4 aromatic rings. The molecule has 2 aromatic heterocycles. The molecule has 1 aliphatic rings. The van der Waals surface area contributed by atoms with Crippen LogP contribution in [0.15, 0.2) is 63.0 Å². The Labute approximate surface area is 220 Å². The van der Waals surface area contributed by atoms with Gasteiger partial charge in [0.25, 0.3) is 5.56 Å². The van der Waals surface area contributed by atoms with E-state index in [0.29, 0.717) is 35.1 Å². The Bertz CT molecular complexity index is 1460. The summed E-state index contributed by atoms with van der Waals surface area (Å²) in [6.07, 6.45) is 0.803. The van der Waals surface area contributed by atoms with E-state index in [4.69, 9.17) is 9.72 Å². The van der Waals surface area contributed by atoms with Gasteiger partial charge < -0.3 is 4.74 Å². The molecule has 3 heterocycles. The van der Waals surface area contributed by atoms with Crippen LogP contribution in [0.5, 0.6) is 0 Å². The van der Waals surface area contributed by atoms with E-state index in [9.17, 15) is 9.59 Å². The van der Waals surface area contributed by atoms with Crippen molar-refractivity contribution in [2.45, 2.75) is 45.1 Å². The number of nitrogens with zero attached hydrogens (tertiary/aromatic N) is 2. The Morgan fingerprint density at radius 3 is 2.60 bits per heavy atom. The number of thiophene rings is 1. The van der Waals surface area contributed by atoms with E-state index < -0.39 is 0 Å². The lowest BCUT2D eigenvalue weighted by atomic mass is 9.96. The standard InChI is InChI=1S/C27H25BrN2O3S2/c1-15(2)22-12-20-23(13-33-22)35-25-24(20)26(32)30(19-10-4-16(3)5-11-19)27(29-25)34-14-21(31)17-6-8-18(28)9-7-17/h4-11,15,22H,12-14H2,1-3H3/t22-/m0/s1. The number of carbonyl (C=O) groups is 1. The highest BCUT2D eigenvalue weighted by molar-refractivity contribution is 9.10. The quantitative estimate of drug-likeness (QED) is 0.149. The number of rotatable bonds is 6. The van der Waals surface area contributed by atoms with E-state index in [0.717, 1.165) is 31.0 Å². The lowest BCUT2D eigenvalue weighted by molar-refractivity contribution is 0.00200. The molecular formula is C27H25BrN2O3S2. The Hall–Kier alpha value is -2.26. The number of thioether (sulfide) groups is 1. The predicted molar refractivity (Wildman–Crippen MR) is 146 cm³/mol. The van der Waals surface area contributed by atoms with Gasteiger partial charge in [-0.15, -0.1) is 11.3 Å². The van der Waals surface area contributed by atoms with Gasteiger partial charge in [0.2, 0.25) is 0 Å². The molecule has 0 saturated carbocycles. The monoisotopic (exact) mass is 568 g/mol. The van der Waals surface area contributed by atoms with Gasteiger partial charge in [0.15, 0.2) is 10.9 Å². The van der Waals surface area contributed by atoms with Crippen LogP contribution in [0.1, 0.15) is 40.2 Å². The van der Waals surface area contributed by atoms with E-state index in [2.05, 4.69) is 29.8 Å². The minimum Gasteiger partial charge on any atom is -0.372 e. The van der Waals surface area contributed by atoms with Crippen LogP contribution >= 0.6 is 39.0 Å². The third-order valence-corrected chi connectivity index (χ3v) is 8.81. The SMILES string of the molecule is Cc1ccc(-n2c(SCC(=O)c3ccc(Br)cc3)nc3sc4c(c3c2=O)C[C@@H](C(C)C)OC4)cc1. The lowest BCUT2D eigenvalue weighted by Gasteiger charge is -2.26. The molecule has 5 nitrogen and oxygen atoms in total. The van der Waals surface area contributed by atoms with Crippen LogP contribution in [0.2, 0.25) is 0 Å². The number of aryl methyl sites for hydroxylation is 1. The first-order valence-electron chi connectivity index (χ1n) is 11.5. The Kier molecular flexibility index (Phi) is 6.99. The zero-order valence-electron chi connectivity index (χ0n) is 19.7. The topological polar surface area (TPSA) is 61.2 Å². The molecule has 0 spiro atoms. The van der Waals surface area contributed by atoms with Gasteiger partial charge in [-0.2, -0.15) is 0 Å². The van der Waals surface area contributed by atoms with Crippen molar-refractivity contribution >= 4 is 55.0 Å². The third-order valence-electron chi connectivity index (χ3n) is 6.25. The smallest absolute Gasteiger partial charge is 0.267 e. The molecule has 2 aromatic carbocycles. The van der Waals surface area contributed by atoms with E-state index in [1.807, 2.05) is 43.3 Å². The molecule has 180 valence electrons. The van der Waals surface area contributed by atoms with Crippen molar-refractivity contribution in [3.8, 4) is 5.69 Å². The van der Waals surface area contributed by atoms with Crippen LogP contribution < -0.4 is 5.56 Å². The average Bonchev–Trinajstić information content (AvgIpc) is 3.21. The molecular weight excluding hydrogens is 544 g/mol. The number of fused-ring (bicyclic) bond motifs is 3. The fourth-order valence-electron chi connectivity index (χ4n) is 4.20. The molecule has 0 bridgehead atoms. The van der Waals surface area contributed by atoms with Crippen molar-refractivity contribution < 1.29 is 9.53 Å². The summed E-state index contributed by atoms with van der Waals surface area (Å²) in [4.78, 5) is 33.6. The zero-order chi connectivity index (χ0) is 24.7. The van der Waals surface area contributed by atoms with Crippen LogP contribution in [0.4, 0.5) is 0 Å². The molecule has 0 saturated heterocycles. The van der Waals surface area contributed by atoms with E-state index in [1.54, 1.807) is 16.7 Å². The number of halogens is 1. The summed E-state index contributed by atoms with van der Waals surface area (Å²) in [5.41, 5.74) is 3.48. The summed E-state index contributed by atoms with van der Waals surface area (Å²) in [5.74, 6) is 0.547. The highest BCUT2D eigenvalue weighted by Crippen LogP contribution is 2.36. The minimum atomic E-state index is -0.0839. The minimum absolute atomic E-state index is 0.00838. The fourth-order valence-corrected chi connectivity index (χ4v) is 6.54. The van der Waals surface area contributed by atoms with Crippen LogP contribution in [0.3, 0.4) is 0 Å². The number of hydrogen-bond donors (Lipinski definition) is 0. The second-order valence-electron chi connectivity index (χ2n) is 9.07. The summed E-state index contributed by atoms with van der Waals surface area (Å²) in [6.45, 7) is 6.81. The number of benzene rings is 2. The van der Waals surface area contributed by atoms with Crippen LogP contribution in [0.25, 0.3) is 15.9 Å². The molecule has 8 heteroatoms. The number of aromatic nitrogens is 2. The van der Waals surface area contributed by atoms with Gasteiger partial charge in [0, 0.05) is 21.3 Å². The zero-order valence-corrected chi connectivity index (χ0v) is 22.9. The molecule has 5 rings (SSSR count). The second-order valence-corrected chi connectivity index (χ2v) is 12.0. The van der Waals surface area contributed by atoms with E-state index >= 15 is 0 Å². The molecule has 1 aliphatic heterocycles. The number of Topliss-reactive ketones (excluding diaryl/α,β-unsaturated/α-hetero) is 1. The van der Waals surface area contributed by atoms with Gasteiger partial charge in [-0.25, -0.2) is 4.98 Å². The highest BCUT2D eigenvalue weighted by Gasteiger charge is 2.29.